The predicted octanol–water partition coefficient (Wildman–Crippen LogP) is 3.60. The fourth-order valence-corrected chi connectivity index (χ4v) is 5.54. The highest BCUT2D eigenvalue weighted by molar-refractivity contribution is 7.19. The van der Waals surface area contributed by atoms with Gasteiger partial charge in [-0.15, -0.1) is 11.3 Å². The van der Waals surface area contributed by atoms with E-state index >= 15 is 0 Å². The minimum absolute atomic E-state index is 0.0617. The van der Waals surface area contributed by atoms with Gasteiger partial charge in [0.1, 0.15) is 17.0 Å². The van der Waals surface area contributed by atoms with Gasteiger partial charge in [-0.2, -0.15) is 0 Å². The van der Waals surface area contributed by atoms with Crippen molar-refractivity contribution in [2.24, 2.45) is 11.3 Å². The molecular formula is C19H25N3O2S. The molecule has 134 valence electrons. The van der Waals surface area contributed by atoms with Gasteiger partial charge in [0.05, 0.1) is 17.4 Å². The lowest BCUT2D eigenvalue weighted by Crippen LogP contribution is -2.40. The summed E-state index contributed by atoms with van der Waals surface area (Å²) < 4.78 is 5.42. The molecule has 1 aliphatic carbocycles. The molecule has 0 aromatic carbocycles. The van der Waals surface area contributed by atoms with Crippen LogP contribution in [0.25, 0.3) is 10.2 Å². The summed E-state index contributed by atoms with van der Waals surface area (Å²) in [6.07, 6.45) is 6.00. The van der Waals surface area contributed by atoms with E-state index in [1.54, 1.807) is 6.33 Å². The number of rotatable bonds is 4. The van der Waals surface area contributed by atoms with Gasteiger partial charge in [-0.3, -0.25) is 4.79 Å². The fourth-order valence-electron chi connectivity index (χ4n) is 4.31. The average Bonchev–Trinajstić information content (AvgIpc) is 3.28. The van der Waals surface area contributed by atoms with Gasteiger partial charge in [-0.25, -0.2) is 9.97 Å². The van der Waals surface area contributed by atoms with Crippen molar-refractivity contribution in [3.05, 3.63) is 16.8 Å². The van der Waals surface area contributed by atoms with E-state index in [1.807, 2.05) is 18.3 Å². The maximum Gasteiger partial charge on any atom is 0.314 e. The number of nitrogens with zero attached hydrogens (tertiary/aromatic N) is 3. The summed E-state index contributed by atoms with van der Waals surface area (Å²) in [5.74, 6) is 1.19. The lowest BCUT2D eigenvalue weighted by atomic mass is 9.76. The summed E-state index contributed by atoms with van der Waals surface area (Å²) in [5, 5.41) is 1.23. The molecule has 1 fully saturated rings. The number of fused-ring (bicyclic) bond motifs is 3. The summed E-state index contributed by atoms with van der Waals surface area (Å²) in [4.78, 5) is 26.7. The Morgan fingerprint density at radius 3 is 3.00 bits per heavy atom. The standard InChI is InChI=1S/C19H25N3O2S/c1-4-24-18(23)19(12(2)3)8-9-22(10-19)16-15-13-6-5-7-14(13)25-17(15)21-11-20-16/h11-12H,4-10H2,1-3H3. The first-order chi connectivity index (χ1) is 12.1. The summed E-state index contributed by atoms with van der Waals surface area (Å²) >= 11 is 1.81. The van der Waals surface area contributed by atoms with E-state index in [0.717, 1.165) is 36.5 Å². The molecule has 0 radical (unpaired) electrons. The molecular weight excluding hydrogens is 334 g/mol. The van der Waals surface area contributed by atoms with Crippen LogP contribution in [-0.2, 0) is 22.4 Å². The molecule has 2 aromatic rings. The number of anilines is 1. The van der Waals surface area contributed by atoms with Crippen molar-refractivity contribution >= 4 is 33.3 Å². The Hall–Kier alpha value is -1.69. The normalized spacial score (nSPS) is 22.8. The van der Waals surface area contributed by atoms with Crippen LogP contribution in [0.2, 0.25) is 0 Å². The SMILES string of the molecule is CCOC(=O)C1(C(C)C)CCN(c2ncnc3sc4c(c23)CCC4)C1. The molecule has 6 heteroatoms. The third kappa shape index (κ3) is 2.53. The van der Waals surface area contributed by atoms with Crippen molar-refractivity contribution in [1.29, 1.82) is 0 Å². The average molecular weight is 359 g/mol. The van der Waals surface area contributed by atoms with E-state index < -0.39 is 5.41 Å². The Balaban J connectivity index is 1.72. The van der Waals surface area contributed by atoms with E-state index in [2.05, 4.69) is 28.7 Å². The summed E-state index contributed by atoms with van der Waals surface area (Å²) in [6.45, 7) is 8.08. The van der Waals surface area contributed by atoms with Gasteiger partial charge in [-0.1, -0.05) is 13.8 Å². The second-order valence-corrected chi connectivity index (χ2v) is 8.52. The van der Waals surface area contributed by atoms with Crippen LogP contribution >= 0.6 is 11.3 Å². The van der Waals surface area contributed by atoms with Crippen molar-refractivity contribution < 1.29 is 9.53 Å². The van der Waals surface area contributed by atoms with Gasteiger partial charge in [0.2, 0.25) is 0 Å². The van der Waals surface area contributed by atoms with Gasteiger partial charge in [0, 0.05) is 18.0 Å². The molecule has 2 aliphatic rings. The number of carbonyl (C=O) groups excluding carboxylic acids is 1. The quantitative estimate of drug-likeness (QED) is 0.781. The van der Waals surface area contributed by atoms with Crippen molar-refractivity contribution in [1.82, 2.24) is 9.97 Å². The van der Waals surface area contributed by atoms with Crippen molar-refractivity contribution in [2.45, 2.75) is 46.5 Å². The van der Waals surface area contributed by atoms with E-state index in [9.17, 15) is 4.79 Å². The van der Waals surface area contributed by atoms with Gasteiger partial charge in [0.15, 0.2) is 0 Å². The Bertz CT molecular complexity index is 816. The monoisotopic (exact) mass is 359 g/mol. The van der Waals surface area contributed by atoms with Crippen LogP contribution < -0.4 is 4.90 Å². The summed E-state index contributed by atoms with van der Waals surface area (Å²) in [5.41, 5.74) is 1.00. The minimum atomic E-state index is -0.438. The number of aryl methyl sites for hydroxylation is 2. The zero-order chi connectivity index (χ0) is 17.6. The number of ether oxygens (including phenoxy) is 1. The highest BCUT2D eigenvalue weighted by Gasteiger charge is 2.49. The van der Waals surface area contributed by atoms with Crippen LogP contribution in [0, 0.1) is 11.3 Å². The zero-order valence-electron chi connectivity index (χ0n) is 15.2. The first-order valence-electron chi connectivity index (χ1n) is 9.24. The smallest absolute Gasteiger partial charge is 0.314 e. The molecule has 1 aliphatic heterocycles. The van der Waals surface area contributed by atoms with Crippen LogP contribution in [0.15, 0.2) is 6.33 Å². The first kappa shape index (κ1) is 16.8. The van der Waals surface area contributed by atoms with Crippen LogP contribution in [-0.4, -0.2) is 35.6 Å². The molecule has 0 N–H and O–H groups in total. The summed E-state index contributed by atoms with van der Waals surface area (Å²) in [7, 11) is 0. The Kier molecular flexibility index (Phi) is 4.18. The number of carbonyl (C=O) groups is 1. The Morgan fingerprint density at radius 1 is 1.40 bits per heavy atom. The Labute approximate surface area is 152 Å². The molecule has 1 atom stereocenters. The second kappa shape index (κ2) is 6.24. The van der Waals surface area contributed by atoms with Crippen molar-refractivity contribution in [3.63, 3.8) is 0 Å². The van der Waals surface area contributed by atoms with E-state index in [0.29, 0.717) is 13.2 Å². The maximum absolute atomic E-state index is 12.7. The maximum atomic E-state index is 12.7. The largest absolute Gasteiger partial charge is 0.466 e. The summed E-state index contributed by atoms with van der Waals surface area (Å²) in [6, 6.07) is 0. The molecule has 0 spiro atoms. The van der Waals surface area contributed by atoms with Gasteiger partial charge >= 0.3 is 5.97 Å². The Morgan fingerprint density at radius 2 is 2.24 bits per heavy atom. The topological polar surface area (TPSA) is 55.3 Å². The molecule has 3 heterocycles. The number of thiophene rings is 1. The molecule has 25 heavy (non-hydrogen) atoms. The second-order valence-electron chi connectivity index (χ2n) is 7.44. The fraction of sp³-hybridized carbons (Fsp3) is 0.632. The van der Waals surface area contributed by atoms with Gasteiger partial charge in [0.25, 0.3) is 0 Å². The van der Waals surface area contributed by atoms with Crippen molar-refractivity contribution in [2.75, 3.05) is 24.6 Å². The highest BCUT2D eigenvalue weighted by atomic mass is 32.1. The molecule has 0 bridgehead atoms. The molecule has 1 saturated heterocycles. The minimum Gasteiger partial charge on any atom is -0.466 e. The molecule has 2 aromatic heterocycles. The van der Waals surface area contributed by atoms with E-state index in [-0.39, 0.29) is 11.9 Å². The van der Waals surface area contributed by atoms with Crippen LogP contribution in [0.4, 0.5) is 5.82 Å². The lowest BCUT2D eigenvalue weighted by Gasteiger charge is -2.31. The number of hydrogen-bond donors (Lipinski definition) is 0. The zero-order valence-corrected chi connectivity index (χ0v) is 16.0. The number of hydrogen-bond acceptors (Lipinski definition) is 6. The first-order valence-corrected chi connectivity index (χ1v) is 10.1. The third-order valence-electron chi connectivity index (χ3n) is 5.87. The molecule has 5 nitrogen and oxygen atoms in total. The third-order valence-corrected chi connectivity index (χ3v) is 7.07. The molecule has 1 unspecified atom stereocenters. The van der Waals surface area contributed by atoms with Crippen LogP contribution in [0.3, 0.4) is 0 Å². The van der Waals surface area contributed by atoms with Crippen LogP contribution in [0.1, 0.15) is 44.1 Å². The van der Waals surface area contributed by atoms with E-state index in [1.165, 1.54) is 22.2 Å². The molecule has 0 saturated carbocycles. The predicted molar refractivity (Wildman–Crippen MR) is 100 cm³/mol. The van der Waals surface area contributed by atoms with Crippen LogP contribution in [0.5, 0.6) is 0 Å². The molecule has 4 rings (SSSR count). The number of aromatic nitrogens is 2. The highest BCUT2D eigenvalue weighted by Crippen LogP contribution is 2.45. The van der Waals surface area contributed by atoms with Gasteiger partial charge in [-0.05, 0) is 44.1 Å². The van der Waals surface area contributed by atoms with E-state index in [4.69, 9.17) is 4.74 Å². The number of esters is 1. The van der Waals surface area contributed by atoms with Gasteiger partial charge < -0.3 is 9.64 Å². The lowest BCUT2D eigenvalue weighted by molar-refractivity contribution is -0.156. The van der Waals surface area contributed by atoms with Crippen molar-refractivity contribution in [3.8, 4) is 0 Å². The molecule has 0 amide bonds.